The fraction of sp³-hybridized carbons (Fsp3) is 0.692. The molecule has 100 valence electrons. The van der Waals surface area contributed by atoms with Crippen LogP contribution in [0.3, 0.4) is 0 Å². The molecule has 0 spiro atoms. The molecule has 5 heteroatoms. The standard InChI is InChI=1S/C13H20BrN3O/c1-4-17(9(2)8-18-3)12-7-11(14)15-13(16-12)10-5-6-10/h7,9-10H,4-6,8H2,1-3H3. The number of hydrogen-bond donors (Lipinski definition) is 0. The Bertz CT molecular complexity index is 409. The van der Waals surface area contributed by atoms with Gasteiger partial charge in [0.2, 0.25) is 0 Å². The first-order valence-electron chi connectivity index (χ1n) is 6.45. The van der Waals surface area contributed by atoms with Gasteiger partial charge < -0.3 is 9.64 Å². The number of methoxy groups -OCH3 is 1. The minimum Gasteiger partial charge on any atom is -0.383 e. The molecule has 0 bridgehead atoms. The molecule has 1 saturated carbocycles. The number of rotatable bonds is 6. The van der Waals surface area contributed by atoms with Crippen LogP contribution in [0.2, 0.25) is 0 Å². The summed E-state index contributed by atoms with van der Waals surface area (Å²) in [4.78, 5) is 11.4. The molecule has 1 unspecified atom stereocenters. The van der Waals surface area contributed by atoms with Crippen LogP contribution < -0.4 is 4.90 Å². The molecule has 0 saturated heterocycles. The van der Waals surface area contributed by atoms with E-state index in [4.69, 9.17) is 9.72 Å². The minimum absolute atomic E-state index is 0.314. The van der Waals surface area contributed by atoms with E-state index in [1.807, 2.05) is 6.07 Å². The van der Waals surface area contributed by atoms with Crippen LogP contribution in [-0.2, 0) is 4.74 Å². The number of nitrogens with zero attached hydrogens (tertiary/aromatic N) is 3. The molecule has 0 amide bonds. The maximum Gasteiger partial charge on any atom is 0.135 e. The first-order valence-corrected chi connectivity index (χ1v) is 7.25. The highest BCUT2D eigenvalue weighted by Crippen LogP contribution is 2.39. The van der Waals surface area contributed by atoms with Gasteiger partial charge in [-0.2, -0.15) is 0 Å². The molecule has 1 aromatic heterocycles. The Morgan fingerprint density at radius 2 is 2.22 bits per heavy atom. The van der Waals surface area contributed by atoms with Crippen molar-refractivity contribution in [3.05, 3.63) is 16.5 Å². The molecule has 18 heavy (non-hydrogen) atoms. The lowest BCUT2D eigenvalue weighted by atomic mass is 10.3. The van der Waals surface area contributed by atoms with Gasteiger partial charge in [0.25, 0.3) is 0 Å². The predicted molar refractivity (Wildman–Crippen MR) is 76.1 cm³/mol. The largest absolute Gasteiger partial charge is 0.383 e. The van der Waals surface area contributed by atoms with Crippen molar-refractivity contribution in [3.8, 4) is 0 Å². The zero-order chi connectivity index (χ0) is 13.1. The van der Waals surface area contributed by atoms with Gasteiger partial charge in [0, 0.05) is 25.6 Å². The Labute approximate surface area is 117 Å². The quantitative estimate of drug-likeness (QED) is 0.757. The molecule has 0 aromatic carbocycles. The van der Waals surface area contributed by atoms with E-state index in [1.54, 1.807) is 7.11 Å². The van der Waals surface area contributed by atoms with Gasteiger partial charge in [-0.1, -0.05) is 0 Å². The SMILES string of the molecule is CCN(c1cc(Br)nc(C2CC2)n1)C(C)COC. The average molecular weight is 314 g/mol. The van der Waals surface area contributed by atoms with E-state index in [9.17, 15) is 0 Å². The van der Waals surface area contributed by atoms with E-state index in [2.05, 4.69) is 39.7 Å². The molecular weight excluding hydrogens is 294 g/mol. The summed E-state index contributed by atoms with van der Waals surface area (Å²) in [6.07, 6.45) is 2.44. The van der Waals surface area contributed by atoms with Crippen LogP contribution in [0.1, 0.15) is 38.4 Å². The van der Waals surface area contributed by atoms with Gasteiger partial charge in [0.1, 0.15) is 16.2 Å². The molecule has 1 atom stereocenters. The number of likely N-dealkylation sites (N-methyl/N-ethyl adjacent to an activating group) is 1. The van der Waals surface area contributed by atoms with E-state index in [0.717, 1.165) is 22.8 Å². The smallest absolute Gasteiger partial charge is 0.135 e. The third kappa shape index (κ3) is 3.20. The first-order chi connectivity index (χ1) is 8.65. The Balaban J connectivity index is 2.23. The highest BCUT2D eigenvalue weighted by Gasteiger charge is 2.28. The molecule has 1 aromatic rings. The van der Waals surface area contributed by atoms with E-state index in [1.165, 1.54) is 12.8 Å². The van der Waals surface area contributed by atoms with Gasteiger partial charge in [-0.05, 0) is 42.6 Å². The summed E-state index contributed by atoms with van der Waals surface area (Å²) < 4.78 is 6.10. The number of hydrogen-bond acceptors (Lipinski definition) is 4. The second-order valence-corrected chi connectivity index (χ2v) is 5.58. The van der Waals surface area contributed by atoms with Crippen LogP contribution in [-0.4, -0.2) is 36.3 Å². The highest BCUT2D eigenvalue weighted by molar-refractivity contribution is 9.10. The monoisotopic (exact) mass is 313 g/mol. The van der Waals surface area contributed by atoms with Crippen molar-refractivity contribution in [1.29, 1.82) is 0 Å². The Kier molecular flexibility index (Phi) is 4.56. The summed E-state index contributed by atoms with van der Waals surface area (Å²) >= 11 is 3.49. The summed E-state index contributed by atoms with van der Waals surface area (Å²) in [5.41, 5.74) is 0. The molecule has 1 aliphatic rings. The van der Waals surface area contributed by atoms with Crippen LogP contribution in [0.4, 0.5) is 5.82 Å². The third-order valence-electron chi connectivity index (χ3n) is 3.22. The molecule has 4 nitrogen and oxygen atoms in total. The van der Waals surface area contributed by atoms with E-state index < -0.39 is 0 Å². The molecule has 0 N–H and O–H groups in total. The summed E-state index contributed by atoms with van der Waals surface area (Å²) in [7, 11) is 1.73. The Hall–Kier alpha value is -0.680. The van der Waals surface area contributed by atoms with Crippen LogP contribution in [0.25, 0.3) is 0 Å². The third-order valence-corrected chi connectivity index (χ3v) is 3.62. The minimum atomic E-state index is 0.314. The van der Waals surface area contributed by atoms with Crippen LogP contribution in [0.15, 0.2) is 10.7 Å². The number of halogens is 1. The molecule has 1 fully saturated rings. The maximum absolute atomic E-state index is 5.23. The van der Waals surface area contributed by atoms with Crippen LogP contribution in [0.5, 0.6) is 0 Å². The lowest BCUT2D eigenvalue weighted by Gasteiger charge is -2.28. The van der Waals surface area contributed by atoms with Crippen molar-refractivity contribution < 1.29 is 4.74 Å². The zero-order valence-corrected chi connectivity index (χ0v) is 12.8. The van der Waals surface area contributed by atoms with Crippen molar-refractivity contribution in [3.63, 3.8) is 0 Å². The molecule has 1 heterocycles. The van der Waals surface area contributed by atoms with E-state index in [0.29, 0.717) is 18.6 Å². The van der Waals surface area contributed by atoms with Crippen molar-refractivity contribution in [2.24, 2.45) is 0 Å². The summed E-state index contributed by atoms with van der Waals surface area (Å²) in [5.74, 6) is 2.53. The lowest BCUT2D eigenvalue weighted by molar-refractivity contribution is 0.181. The lowest BCUT2D eigenvalue weighted by Crippen LogP contribution is -2.37. The van der Waals surface area contributed by atoms with E-state index in [-0.39, 0.29) is 0 Å². The normalized spacial score (nSPS) is 16.7. The zero-order valence-electron chi connectivity index (χ0n) is 11.2. The van der Waals surface area contributed by atoms with Crippen molar-refractivity contribution in [1.82, 2.24) is 9.97 Å². The first kappa shape index (κ1) is 13.7. The fourth-order valence-electron chi connectivity index (χ4n) is 2.12. The van der Waals surface area contributed by atoms with Crippen molar-refractivity contribution >= 4 is 21.7 Å². The van der Waals surface area contributed by atoms with E-state index >= 15 is 0 Å². The van der Waals surface area contributed by atoms with Gasteiger partial charge >= 0.3 is 0 Å². The summed E-state index contributed by atoms with van der Waals surface area (Å²) in [5, 5.41) is 0. The van der Waals surface area contributed by atoms with Gasteiger partial charge in [-0.25, -0.2) is 9.97 Å². The van der Waals surface area contributed by atoms with Gasteiger partial charge in [0.15, 0.2) is 0 Å². The van der Waals surface area contributed by atoms with Gasteiger partial charge in [0.05, 0.1) is 12.6 Å². The van der Waals surface area contributed by atoms with Crippen LogP contribution >= 0.6 is 15.9 Å². The summed E-state index contributed by atoms with van der Waals surface area (Å²) in [6, 6.07) is 2.30. The summed E-state index contributed by atoms with van der Waals surface area (Å²) in [6.45, 7) is 5.91. The van der Waals surface area contributed by atoms with Gasteiger partial charge in [-0.15, -0.1) is 0 Å². The molecule has 0 aliphatic heterocycles. The predicted octanol–water partition coefficient (Wildman–Crippen LogP) is 2.98. The highest BCUT2D eigenvalue weighted by atomic mass is 79.9. The number of ether oxygens (including phenoxy) is 1. The Morgan fingerprint density at radius 3 is 2.78 bits per heavy atom. The number of aromatic nitrogens is 2. The topological polar surface area (TPSA) is 38.2 Å². The van der Waals surface area contributed by atoms with Crippen LogP contribution in [0, 0.1) is 0 Å². The average Bonchev–Trinajstić information content (AvgIpc) is 3.13. The second-order valence-electron chi connectivity index (χ2n) is 4.77. The molecular formula is C13H20BrN3O. The second kappa shape index (κ2) is 5.97. The van der Waals surface area contributed by atoms with Gasteiger partial charge in [-0.3, -0.25) is 0 Å². The molecule has 0 radical (unpaired) electrons. The molecule has 2 rings (SSSR count). The van der Waals surface area contributed by atoms with Crippen molar-refractivity contribution in [2.75, 3.05) is 25.2 Å². The molecule has 1 aliphatic carbocycles. The fourth-order valence-corrected chi connectivity index (χ4v) is 2.51. The number of anilines is 1. The maximum atomic E-state index is 5.23. The Morgan fingerprint density at radius 1 is 1.50 bits per heavy atom. The van der Waals surface area contributed by atoms with Crippen molar-refractivity contribution in [2.45, 2.75) is 38.6 Å².